The lowest BCUT2D eigenvalue weighted by molar-refractivity contribution is 0.102. The van der Waals surface area contributed by atoms with Gasteiger partial charge in [-0.15, -0.1) is 0 Å². The molecule has 0 atom stereocenters. The quantitative estimate of drug-likeness (QED) is 0.670. The molecule has 3 aromatic rings. The van der Waals surface area contributed by atoms with Crippen molar-refractivity contribution in [2.75, 3.05) is 36.5 Å². The lowest BCUT2D eigenvalue weighted by Crippen LogP contribution is -2.36. The summed E-state index contributed by atoms with van der Waals surface area (Å²) in [5.74, 6) is -0.751. The molecule has 1 saturated heterocycles. The molecule has 0 radical (unpaired) electrons. The number of aromatic nitrogens is 2. The van der Waals surface area contributed by atoms with E-state index in [1.807, 2.05) is 6.07 Å². The summed E-state index contributed by atoms with van der Waals surface area (Å²) in [5, 5.41) is 2.87. The Kier molecular flexibility index (Phi) is 4.18. The smallest absolute Gasteiger partial charge is 0.323 e. The first-order valence-corrected chi connectivity index (χ1v) is 8.26. The number of hydrogen-bond donors (Lipinski definition) is 3. The molecule has 0 unspecified atom stereocenters. The lowest BCUT2D eigenvalue weighted by Gasteiger charge is -2.30. The van der Waals surface area contributed by atoms with Crippen molar-refractivity contribution in [1.29, 1.82) is 0 Å². The zero-order valence-corrected chi connectivity index (χ0v) is 13.8. The van der Waals surface area contributed by atoms with Crippen LogP contribution in [0, 0.1) is 5.82 Å². The van der Waals surface area contributed by atoms with Crippen LogP contribution in [0.2, 0.25) is 0 Å². The van der Waals surface area contributed by atoms with Gasteiger partial charge in [0.2, 0.25) is 0 Å². The van der Waals surface area contributed by atoms with Crippen LogP contribution in [0.1, 0.15) is 10.4 Å². The van der Waals surface area contributed by atoms with Gasteiger partial charge in [0.15, 0.2) is 0 Å². The van der Waals surface area contributed by atoms with Gasteiger partial charge in [-0.05, 0) is 36.4 Å². The van der Waals surface area contributed by atoms with Crippen molar-refractivity contribution in [3.8, 4) is 0 Å². The third-order valence-electron chi connectivity index (χ3n) is 4.34. The van der Waals surface area contributed by atoms with Crippen molar-refractivity contribution in [3.63, 3.8) is 0 Å². The van der Waals surface area contributed by atoms with E-state index in [9.17, 15) is 14.0 Å². The number of halogens is 1. The molecule has 0 spiro atoms. The molecule has 1 aliphatic rings. The van der Waals surface area contributed by atoms with Gasteiger partial charge in [0.05, 0.1) is 35.6 Å². The molecule has 3 N–H and O–H groups in total. The molecule has 1 fully saturated rings. The third-order valence-corrected chi connectivity index (χ3v) is 4.34. The summed E-state index contributed by atoms with van der Waals surface area (Å²) < 4.78 is 18.5. The molecule has 8 heteroatoms. The van der Waals surface area contributed by atoms with Crippen molar-refractivity contribution < 1.29 is 13.9 Å². The summed E-state index contributed by atoms with van der Waals surface area (Å²) in [5.41, 5.74) is 2.67. The van der Waals surface area contributed by atoms with Crippen LogP contribution >= 0.6 is 0 Å². The minimum atomic E-state index is -0.401. The largest absolute Gasteiger partial charge is 0.378 e. The van der Waals surface area contributed by atoms with Crippen molar-refractivity contribution in [3.05, 3.63) is 58.3 Å². The minimum absolute atomic E-state index is 0.310. The number of rotatable bonds is 3. The SMILES string of the molecule is O=C(Nc1cc2[nH]c(=O)[nH]c2cc1N1CCOCC1)c1ccc(F)cc1. The molecule has 2 heterocycles. The number of anilines is 2. The van der Waals surface area contributed by atoms with E-state index in [0.29, 0.717) is 48.6 Å². The highest BCUT2D eigenvalue weighted by Gasteiger charge is 2.18. The number of nitrogens with zero attached hydrogens (tertiary/aromatic N) is 1. The molecule has 0 bridgehead atoms. The summed E-state index contributed by atoms with van der Waals surface area (Å²) in [6.45, 7) is 2.54. The van der Waals surface area contributed by atoms with E-state index in [1.165, 1.54) is 24.3 Å². The minimum Gasteiger partial charge on any atom is -0.378 e. The first-order valence-electron chi connectivity index (χ1n) is 8.26. The molecule has 0 aliphatic carbocycles. The zero-order valence-electron chi connectivity index (χ0n) is 13.8. The molecule has 1 aromatic heterocycles. The second-order valence-corrected chi connectivity index (χ2v) is 6.05. The Hall–Kier alpha value is -3.13. The van der Waals surface area contributed by atoms with Gasteiger partial charge >= 0.3 is 5.69 Å². The number of morpholine rings is 1. The van der Waals surface area contributed by atoms with E-state index in [2.05, 4.69) is 20.2 Å². The molecule has 26 heavy (non-hydrogen) atoms. The number of carbonyl (C=O) groups is 1. The highest BCUT2D eigenvalue weighted by atomic mass is 19.1. The Balaban J connectivity index is 1.72. The van der Waals surface area contributed by atoms with Gasteiger partial charge in [0.1, 0.15) is 5.82 Å². The fourth-order valence-electron chi connectivity index (χ4n) is 3.03. The van der Waals surface area contributed by atoms with Crippen molar-refractivity contribution in [1.82, 2.24) is 9.97 Å². The van der Waals surface area contributed by atoms with Gasteiger partial charge in [-0.2, -0.15) is 0 Å². The Labute approximate surface area is 147 Å². The fourth-order valence-corrected chi connectivity index (χ4v) is 3.03. The molecule has 134 valence electrons. The number of fused-ring (bicyclic) bond motifs is 1. The van der Waals surface area contributed by atoms with Crippen molar-refractivity contribution >= 4 is 28.3 Å². The fraction of sp³-hybridized carbons (Fsp3) is 0.222. The second kappa shape index (κ2) is 6.64. The van der Waals surface area contributed by atoms with E-state index >= 15 is 0 Å². The average Bonchev–Trinajstić information content (AvgIpc) is 3.01. The second-order valence-electron chi connectivity index (χ2n) is 6.05. The van der Waals surface area contributed by atoms with Crippen LogP contribution < -0.4 is 15.9 Å². The van der Waals surface area contributed by atoms with E-state index in [4.69, 9.17) is 4.74 Å². The molecule has 7 nitrogen and oxygen atoms in total. The first kappa shape index (κ1) is 16.3. The predicted octanol–water partition coefficient (Wildman–Crippen LogP) is 2.08. The maximum atomic E-state index is 13.1. The summed E-state index contributed by atoms with van der Waals surface area (Å²) >= 11 is 0. The van der Waals surface area contributed by atoms with Crippen LogP contribution in [0.4, 0.5) is 15.8 Å². The van der Waals surface area contributed by atoms with Gasteiger partial charge in [-0.1, -0.05) is 0 Å². The Bertz CT molecular complexity index is 1000. The Morgan fingerprint density at radius 1 is 1.08 bits per heavy atom. The third kappa shape index (κ3) is 3.18. The number of hydrogen-bond acceptors (Lipinski definition) is 4. The Morgan fingerprint density at radius 3 is 2.42 bits per heavy atom. The molecule has 4 rings (SSSR count). The van der Waals surface area contributed by atoms with E-state index in [0.717, 1.165) is 5.69 Å². The molecule has 1 aliphatic heterocycles. The monoisotopic (exact) mass is 356 g/mol. The van der Waals surface area contributed by atoms with Crippen LogP contribution in [0.5, 0.6) is 0 Å². The maximum absolute atomic E-state index is 13.1. The van der Waals surface area contributed by atoms with Gasteiger partial charge in [-0.25, -0.2) is 9.18 Å². The molecule has 0 saturated carbocycles. The predicted molar refractivity (Wildman–Crippen MR) is 96.3 cm³/mol. The van der Waals surface area contributed by atoms with Crippen LogP contribution in [0.3, 0.4) is 0 Å². The summed E-state index contributed by atoms with van der Waals surface area (Å²) in [6.07, 6.45) is 0. The standard InChI is InChI=1S/C18H17FN4O3/c19-12-3-1-11(2-4-12)17(24)20-15-9-13-14(22-18(25)21-13)10-16(15)23-5-7-26-8-6-23/h1-4,9-10H,5-8H2,(H,20,24)(H2,21,22,25). The summed E-state index contributed by atoms with van der Waals surface area (Å²) in [7, 11) is 0. The van der Waals surface area contributed by atoms with E-state index in [1.54, 1.807) is 6.07 Å². The van der Waals surface area contributed by atoms with Gasteiger partial charge in [0, 0.05) is 18.7 Å². The van der Waals surface area contributed by atoms with Crippen LogP contribution in [-0.2, 0) is 4.74 Å². The Morgan fingerprint density at radius 2 is 1.73 bits per heavy atom. The van der Waals surface area contributed by atoms with Crippen molar-refractivity contribution in [2.24, 2.45) is 0 Å². The lowest BCUT2D eigenvalue weighted by atomic mass is 10.1. The summed E-state index contributed by atoms with van der Waals surface area (Å²) in [4.78, 5) is 31.7. The van der Waals surface area contributed by atoms with Gasteiger partial charge in [-0.3, -0.25) is 4.79 Å². The molecular weight excluding hydrogens is 339 g/mol. The summed E-state index contributed by atoms with van der Waals surface area (Å²) in [6, 6.07) is 8.89. The molecule has 2 aromatic carbocycles. The van der Waals surface area contributed by atoms with Crippen molar-refractivity contribution in [2.45, 2.75) is 0 Å². The number of H-pyrrole nitrogens is 2. The topological polar surface area (TPSA) is 90.2 Å². The number of amides is 1. The highest BCUT2D eigenvalue weighted by Crippen LogP contribution is 2.31. The maximum Gasteiger partial charge on any atom is 0.323 e. The number of imidazole rings is 1. The number of carbonyl (C=O) groups excluding carboxylic acids is 1. The number of aromatic amines is 2. The number of ether oxygens (including phenoxy) is 1. The number of benzene rings is 2. The molecule has 1 amide bonds. The zero-order chi connectivity index (χ0) is 18.1. The van der Waals surface area contributed by atoms with Crippen LogP contribution in [0.15, 0.2) is 41.2 Å². The van der Waals surface area contributed by atoms with Gasteiger partial charge < -0.3 is 24.9 Å². The molecular formula is C18H17FN4O3. The van der Waals surface area contributed by atoms with E-state index < -0.39 is 5.82 Å². The van der Waals surface area contributed by atoms with Crippen LogP contribution in [-0.4, -0.2) is 42.2 Å². The highest BCUT2D eigenvalue weighted by molar-refractivity contribution is 6.07. The average molecular weight is 356 g/mol. The van der Waals surface area contributed by atoms with Crippen LogP contribution in [0.25, 0.3) is 11.0 Å². The van der Waals surface area contributed by atoms with Gasteiger partial charge in [0.25, 0.3) is 5.91 Å². The normalized spacial score (nSPS) is 14.6. The van der Waals surface area contributed by atoms with E-state index in [-0.39, 0.29) is 11.6 Å². The number of nitrogens with one attached hydrogen (secondary N) is 3. The first-order chi connectivity index (χ1) is 12.6.